The van der Waals surface area contributed by atoms with Gasteiger partial charge in [0.1, 0.15) is 12.4 Å². The predicted molar refractivity (Wildman–Crippen MR) is 114 cm³/mol. The molecule has 0 aliphatic carbocycles. The van der Waals surface area contributed by atoms with Crippen molar-refractivity contribution in [3.63, 3.8) is 0 Å². The van der Waals surface area contributed by atoms with Crippen LogP contribution in [0.4, 0.5) is 0 Å². The number of ether oxygens (including phenoxy) is 1. The molecule has 0 radical (unpaired) electrons. The summed E-state index contributed by atoms with van der Waals surface area (Å²) in [6.07, 6.45) is 1.03. The van der Waals surface area contributed by atoms with E-state index in [0.717, 1.165) is 18.7 Å². The summed E-state index contributed by atoms with van der Waals surface area (Å²) in [5.41, 5.74) is 7.72. The first kappa shape index (κ1) is 17.1. The van der Waals surface area contributed by atoms with Crippen molar-refractivity contribution in [2.24, 2.45) is 0 Å². The van der Waals surface area contributed by atoms with E-state index < -0.39 is 0 Å². The zero-order valence-corrected chi connectivity index (χ0v) is 16.0. The van der Waals surface area contributed by atoms with Crippen molar-refractivity contribution in [2.45, 2.75) is 26.0 Å². The second-order valence-corrected chi connectivity index (χ2v) is 7.49. The fourth-order valence-electron chi connectivity index (χ4n) is 4.21. The number of fused-ring (bicyclic) bond motifs is 3. The van der Waals surface area contributed by atoms with Gasteiger partial charge in [-0.2, -0.15) is 0 Å². The second-order valence-electron chi connectivity index (χ2n) is 7.49. The second kappa shape index (κ2) is 7.17. The van der Waals surface area contributed by atoms with Crippen LogP contribution >= 0.6 is 0 Å². The lowest BCUT2D eigenvalue weighted by Gasteiger charge is -2.26. The smallest absolute Gasteiger partial charge is 0.120 e. The molecule has 2 heterocycles. The van der Waals surface area contributed by atoms with Gasteiger partial charge in [0.25, 0.3) is 0 Å². The third-order valence-corrected chi connectivity index (χ3v) is 5.67. The number of aromatic amines is 1. The van der Waals surface area contributed by atoms with Crippen molar-refractivity contribution in [1.29, 1.82) is 0 Å². The van der Waals surface area contributed by atoms with E-state index in [0.29, 0.717) is 6.61 Å². The molecule has 3 heteroatoms. The molecule has 0 saturated heterocycles. The van der Waals surface area contributed by atoms with Crippen LogP contribution in [0.25, 0.3) is 10.9 Å². The van der Waals surface area contributed by atoms with Gasteiger partial charge in [0.05, 0.1) is 6.04 Å². The van der Waals surface area contributed by atoms with E-state index in [2.05, 4.69) is 71.8 Å². The van der Waals surface area contributed by atoms with Crippen LogP contribution in [0.15, 0.2) is 72.8 Å². The van der Waals surface area contributed by atoms with Gasteiger partial charge in [-0.1, -0.05) is 54.6 Å². The molecule has 140 valence electrons. The van der Waals surface area contributed by atoms with Crippen molar-refractivity contribution < 1.29 is 4.74 Å². The summed E-state index contributed by atoms with van der Waals surface area (Å²) in [5.74, 6) is 0.920. The Morgan fingerprint density at radius 3 is 2.64 bits per heavy atom. The Labute approximate surface area is 165 Å². The van der Waals surface area contributed by atoms with Gasteiger partial charge in [-0.3, -0.25) is 0 Å². The van der Waals surface area contributed by atoms with Gasteiger partial charge in [-0.15, -0.1) is 0 Å². The molecule has 2 N–H and O–H groups in total. The number of nitrogens with one attached hydrogen (secondary N) is 2. The van der Waals surface area contributed by atoms with Crippen LogP contribution in [0.5, 0.6) is 5.75 Å². The van der Waals surface area contributed by atoms with Gasteiger partial charge in [-0.05, 0) is 53.8 Å². The maximum Gasteiger partial charge on any atom is 0.120 e. The van der Waals surface area contributed by atoms with Crippen molar-refractivity contribution in [2.75, 3.05) is 6.54 Å². The van der Waals surface area contributed by atoms with Gasteiger partial charge in [0.2, 0.25) is 0 Å². The molecule has 1 aliphatic rings. The predicted octanol–water partition coefficient (Wildman–Crippen LogP) is 5.29. The summed E-state index contributed by atoms with van der Waals surface area (Å²) in [4.78, 5) is 3.67. The van der Waals surface area contributed by atoms with E-state index >= 15 is 0 Å². The van der Waals surface area contributed by atoms with Gasteiger partial charge in [-0.25, -0.2) is 0 Å². The molecule has 1 aromatic heterocycles. The fraction of sp³-hybridized carbons (Fsp3) is 0.200. The van der Waals surface area contributed by atoms with Gasteiger partial charge < -0.3 is 15.0 Å². The Balaban J connectivity index is 1.49. The van der Waals surface area contributed by atoms with Crippen molar-refractivity contribution in [1.82, 2.24) is 10.3 Å². The molecule has 28 heavy (non-hydrogen) atoms. The first-order valence-electron chi connectivity index (χ1n) is 9.90. The van der Waals surface area contributed by atoms with E-state index in [1.165, 1.54) is 38.9 Å². The summed E-state index contributed by atoms with van der Waals surface area (Å²) >= 11 is 0. The summed E-state index contributed by atoms with van der Waals surface area (Å²) in [7, 11) is 0. The molecule has 3 aromatic carbocycles. The Hall–Kier alpha value is -3.04. The number of aromatic nitrogens is 1. The third kappa shape index (κ3) is 3.08. The van der Waals surface area contributed by atoms with Crippen molar-refractivity contribution in [3.8, 4) is 5.75 Å². The first-order valence-corrected chi connectivity index (χ1v) is 9.90. The van der Waals surface area contributed by atoms with Crippen molar-refractivity contribution in [3.05, 3.63) is 101 Å². The van der Waals surface area contributed by atoms with Gasteiger partial charge >= 0.3 is 0 Å². The van der Waals surface area contributed by atoms with Crippen LogP contribution < -0.4 is 10.1 Å². The highest BCUT2D eigenvalue weighted by molar-refractivity contribution is 5.86. The molecule has 1 aliphatic heterocycles. The average Bonchev–Trinajstić information content (AvgIpc) is 3.12. The minimum atomic E-state index is 0.214. The fourth-order valence-corrected chi connectivity index (χ4v) is 4.21. The lowest BCUT2D eigenvalue weighted by atomic mass is 9.92. The standard InChI is InChI=1S/C25H24N2O/c1-17-7-5-6-10-20(17)24-25-21(13-14-26-24)22-15-19(11-12-23(22)27-25)28-16-18-8-3-2-4-9-18/h2-12,15,24,26-27H,13-14,16H2,1H3. The maximum absolute atomic E-state index is 6.06. The molecule has 5 rings (SSSR count). The highest BCUT2D eigenvalue weighted by Crippen LogP contribution is 2.36. The molecule has 0 fully saturated rings. The van der Waals surface area contributed by atoms with Gasteiger partial charge in [0, 0.05) is 23.1 Å². The minimum Gasteiger partial charge on any atom is -0.489 e. The number of benzene rings is 3. The van der Waals surface area contributed by atoms with E-state index in [-0.39, 0.29) is 6.04 Å². The van der Waals surface area contributed by atoms with Crippen LogP contribution in [-0.4, -0.2) is 11.5 Å². The molecule has 0 spiro atoms. The first-order chi connectivity index (χ1) is 13.8. The summed E-state index contributed by atoms with van der Waals surface area (Å²) < 4.78 is 6.06. The Kier molecular flexibility index (Phi) is 4.38. The van der Waals surface area contributed by atoms with Crippen molar-refractivity contribution >= 4 is 10.9 Å². The highest BCUT2D eigenvalue weighted by atomic mass is 16.5. The van der Waals surface area contributed by atoms with E-state index in [1.807, 2.05) is 18.2 Å². The minimum absolute atomic E-state index is 0.214. The van der Waals surface area contributed by atoms with Crippen LogP contribution in [0.3, 0.4) is 0 Å². The Morgan fingerprint density at radius 1 is 0.964 bits per heavy atom. The van der Waals surface area contributed by atoms with Crippen LogP contribution in [0.1, 0.15) is 34.0 Å². The highest BCUT2D eigenvalue weighted by Gasteiger charge is 2.26. The Morgan fingerprint density at radius 2 is 1.79 bits per heavy atom. The average molecular weight is 368 g/mol. The topological polar surface area (TPSA) is 37.0 Å². The number of hydrogen-bond donors (Lipinski definition) is 2. The molecule has 0 saturated carbocycles. The lowest BCUT2D eigenvalue weighted by Crippen LogP contribution is -2.30. The number of hydrogen-bond acceptors (Lipinski definition) is 2. The zero-order chi connectivity index (χ0) is 18.9. The summed E-state index contributed by atoms with van der Waals surface area (Å²) in [6.45, 7) is 3.75. The van der Waals surface area contributed by atoms with Crippen LogP contribution in [0.2, 0.25) is 0 Å². The number of rotatable bonds is 4. The van der Waals surface area contributed by atoms with E-state index in [4.69, 9.17) is 4.74 Å². The largest absolute Gasteiger partial charge is 0.489 e. The molecule has 1 unspecified atom stereocenters. The quantitative estimate of drug-likeness (QED) is 0.513. The SMILES string of the molecule is Cc1ccccc1C1NCCc2c1[nH]c1ccc(OCc3ccccc3)cc21. The molecule has 0 bridgehead atoms. The molecule has 4 aromatic rings. The van der Waals surface area contributed by atoms with Crippen LogP contribution in [-0.2, 0) is 13.0 Å². The van der Waals surface area contributed by atoms with E-state index in [1.54, 1.807) is 0 Å². The number of aryl methyl sites for hydroxylation is 1. The van der Waals surface area contributed by atoms with Crippen LogP contribution in [0, 0.1) is 6.92 Å². The van der Waals surface area contributed by atoms with E-state index in [9.17, 15) is 0 Å². The summed E-state index contributed by atoms with van der Waals surface area (Å²) in [5, 5.41) is 4.97. The molecule has 1 atom stereocenters. The number of H-pyrrole nitrogens is 1. The zero-order valence-electron chi connectivity index (χ0n) is 16.0. The van der Waals surface area contributed by atoms with Gasteiger partial charge in [0.15, 0.2) is 0 Å². The Bertz CT molecular complexity index is 1110. The lowest BCUT2D eigenvalue weighted by molar-refractivity contribution is 0.306. The third-order valence-electron chi connectivity index (χ3n) is 5.67. The molecular weight excluding hydrogens is 344 g/mol. The normalized spacial score (nSPS) is 16.1. The summed E-state index contributed by atoms with van der Waals surface area (Å²) in [6, 6.07) is 25.5. The molecule has 0 amide bonds. The molecule has 3 nitrogen and oxygen atoms in total. The maximum atomic E-state index is 6.06. The molecular formula is C25H24N2O. The monoisotopic (exact) mass is 368 g/mol.